The molecule has 0 bridgehead atoms. The summed E-state index contributed by atoms with van der Waals surface area (Å²) >= 11 is 9.38. The summed E-state index contributed by atoms with van der Waals surface area (Å²) in [5, 5.41) is 5.43. The number of amides is 2. The number of fused-ring (bicyclic) bond motifs is 1. The van der Waals surface area contributed by atoms with Gasteiger partial charge in [-0.05, 0) is 80.8 Å². The molecule has 1 aliphatic rings. The molecule has 4 N–H and O–H groups in total. The second-order valence-corrected chi connectivity index (χ2v) is 11.6. The second-order valence-electron chi connectivity index (χ2n) is 10.4. The molecule has 2 amide bonds. The predicted octanol–water partition coefficient (Wildman–Crippen LogP) is 6.17. The Balaban J connectivity index is 1.58. The lowest BCUT2D eigenvalue weighted by Gasteiger charge is -2.36. The van der Waals surface area contributed by atoms with Gasteiger partial charge in [-0.2, -0.15) is 0 Å². The molecular formula is C30H29BrClFN4O4. The number of nitrogens with one attached hydrogen (secondary N) is 2. The average Bonchev–Trinajstić information content (AvgIpc) is 2.92. The van der Waals surface area contributed by atoms with Crippen LogP contribution in [0.1, 0.15) is 48.3 Å². The molecule has 11 heteroatoms. The Morgan fingerprint density at radius 2 is 1.78 bits per heavy atom. The number of halogens is 3. The van der Waals surface area contributed by atoms with E-state index in [4.69, 9.17) is 22.1 Å². The van der Waals surface area contributed by atoms with Gasteiger partial charge < -0.3 is 26.0 Å². The fourth-order valence-corrected chi connectivity index (χ4v) is 5.12. The van der Waals surface area contributed by atoms with E-state index in [-0.39, 0.29) is 23.0 Å². The van der Waals surface area contributed by atoms with E-state index >= 15 is 0 Å². The molecule has 41 heavy (non-hydrogen) atoms. The first kappa shape index (κ1) is 30.1. The van der Waals surface area contributed by atoms with Gasteiger partial charge in [0.05, 0.1) is 16.3 Å². The highest BCUT2D eigenvalue weighted by atomic mass is 79.9. The summed E-state index contributed by atoms with van der Waals surface area (Å²) < 4.78 is 20.5. The zero-order chi connectivity index (χ0) is 29.9. The average molecular weight is 644 g/mol. The van der Waals surface area contributed by atoms with Crippen LogP contribution in [-0.2, 0) is 20.7 Å². The Bertz CT molecular complexity index is 1520. The summed E-state index contributed by atoms with van der Waals surface area (Å²) in [5.41, 5.74) is 7.60. The van der Waals surface area contributed by atoms with Gasteiger partial charge in [-0.15, -0.1) is 0 Å². The van der Waals surface area contributed by atoms with Crippen molar-refractivity contribution >= 4 is 56.7 Å². The summed E-state index contributed by atoms with van der Waals surface area (Å²) in [5.74, 6) is -2.24. The molecule has 0 saturated heterocycles. The van der Waals surface area contributed by atoms with E-state index in [0.717, 1.165) is 10.0 Å². The van der Waals surface area contributed by atoms with Crippen molar-refractivity contribution in [2.24, 2.45) is 5.73 Å². The van der Waals surface area contributed by atoms with Gasteiger partial charge in [0.25, 0.3) is 11.8 Å². The molecule has 0 spiro atoms. The molecule has 3 aromatic carbocycles. The van der Waals surface area contributed by atoms with E-state index < -0.39 is 35.2 Å². The van der Waals surface area contributed by atoms with E-state index in [0.29, 0.717) is 23.2 Å². The first-order valence-corrected chi connectivity index (χ1v) is 13.9. The van der Waals surface area contributed by atoms with Crippen molar-refractivity contribution in [2.75, 3.05) is 17.2 Å². The van der Waals surface area contributed by atoms with Crippen molar-refractivity contribution < 1.29 is 23.5 Å². The van der Waals surface area contributed by atoms with E-state index in [1.807, 2.05) is 6.07 Å². The molecule has 4 rings (SSSR count). The lowest BCUT2D eigenvalue weighted by molar-refractivity contribution is -0.136. The van der Waals surface area contributed by atoms with Crippen LogP contribution in [0.4, 0.5) is 15.8 Å². The van der Waals surface area contributed by atoms with Crippen molar-refractivity contribution in [3.63, 3.8) is 0 Å². The van der Waals surface area contributed by atoms with Gasteiger partial charge >= 0.3 is 5.97 Å². The number of esters is 1. The molecular weight excluding hydrogens is 615 g/mol. The molecule has 0 fully saturated rings. The number of nitrogens with zero attached hydrogens (tertiary/aromatic N) is 1. The number of rotatable bonds is 6. The van der Waals surface area contributed by atoms with Crippen molar-refractivity contribution in [3.05, 3.63) is 105 Å². The first-order valence-electron chi connectivity index (χ1n) is 12.7. The fraction of sp³-hybridized carbons (Fsp3) is 0.233. The SMILES string of the molecule is CC(C)(C)OC(=O)c1ccc(NC(=O)C2c3cccc(Br)c3CCN2C(=O)/C(N)=C/Nc2cccc(Cl)c2F)cc1. The maximum absolute atomic E-state index is 14.3. The fourth-order valence-electron chi connectivity index (χ4n) is 4.36. The molecule has 1 aliphatic heterocycles. The smallest absolute Gasteiger partial charge is 0.338 e. The van der Waals surface area contributed by atoms with Gasteiger partial charge in [0, 0.05) is 22.9 Å². The van der Waals surface area contributed by atoms with Crippen LogP contribution < -0.4 is 16.4 Å². The predicted molar refractivity (Wildman–Crippen MR) is 160 cm³/mol. The topological polar surface area (TPSA) is 114 Å². The van der Waals surface area contributed by atoms with Gasteiger partial charge in [0.1, 0.15) is 17.3 Å². The van der Waals surface area contributed by atoms with Crippen LogP contribution >= 0.6 is 27.5 Å². The summed E-state index contributed by atoms with van der Waals surface area (Å²) in [6.45, 7) is 5.55. The maximum Gasteiger partial charge on any atom is 0.338 e. The monoisotopic (exact) mass is 642 g/mol. The van der Waals surface area contributed by atoms with E-state index in [1.165, 1.54) is 23.2 Å². The first-order chi connectivity index (χ1) is 19.4. The van der Waals surface area contributed by atoms with Crippen molar-refractivity contribution in [1.29, 1.82) is 0 Å². The molecule has 1 atom stereocenters. The summed E-state index contributed by atoms with van der Waals surface area (Å²) in [6.07, 6.45) is 1.67. The Morgan fingerprint density at radius 3 is 2.46 bits per heavy atom. The third kappa shape index (κ3) is 7.07. The lowest BCUT2D eigenvalue weighted by atomic mass is 9.91. The van der Waals surface area contributed by atoms with Gasteiger partial charge in [-0.25, -0.2) is 9.18 Å². The van der Waals surface area contributed by atoms with Gasteiger partial charge in [-0.3, -0.25) is 9.59 Å². The van der Waals surface area contributed by atoms with Gasteiger partial charge in [0.15, 0.2) is 5.82 Å². The van der Waals surface area contributed by atoms with Crippen LogP contribution in [0.5, 0.6) is 0 Å². The number of nitrogens with two attached hydrogens (primary N) is 1. The van der Waals surface area contributed by atoms with Crippen LogP contribution in [0, 0.1) is 5.82 Å². The van der Waals surface area contributed by atoms with Gasteiger partial charge in [-0.1, -0.05) is 45.7 Å². The Hall–Kier alpha value is -3.89. The minimum absolute atomic E-state index is 0.0466. The maximum atomic E-state index is 14.3. The zero-order valence-electron chi connectivity index (χ0n) is 22.6. The van der Waals surface area contributed by atoms with E-state index in [1.54, 1.807) is 63.2 Å². The number of carbonyl (C=O) groups excluding carboxylic acids is 3. The summed E-state index contributed by atoms with van der Waals surface area (Å²) in [6, 6.07) is 15.1. The highest BCUT2D eigenvalue weighted by Gasteiger charge is 2.37. The third-order valence-corrected chi connectivity index (χ3v) is 7.28. The number of carbonyl (C=O) groups is 3. The third-order valence-electron chi connectivity index (χ3n) is 6.24. The Kier molecular flexibility index (Phi) is 9.04. The van der Waals surface area contributed by atoms with Gasteiger partial charge in [0.2, 0.25) is 0 Å². The standard InChI is InChI=1S/C30H29BrClFN4O4/c1-30(2,3)41-29(40)17-10-12-18(13-11-17)36-27(38)26-20-6-4-7-21(31)19(20)14-15-37(26)28(39)23(34)16-35-24-9-5-8-22(32)25(24)33/h4-13,16,26,35H,14-15,34H2,1-3H3,(H,36,38)/b23-16-. The molecule has 0 aliphatic carbocycles. The normalized spacial score (nSPS) is 15.1. The number of ether oxygens (including phenoxy) is 1. The number of anilines is 2. The van der Waals surface area contributed by atoms with E-state index in [2.05, 4.69) is 26.6 Å². The second kappa shape index (κ2) is 12.3. The molecule has 8 nitrogen and oxygen atoms in total. The molecule has 3 aromatic rings. The number of hydrogen-bond acceptors (Lipinski definition) is 6. The Morgan fingerprint density at radius 1 is 1.10 bits per heavy atom. The van der Waals surface area contributed by atoms with Crippen LogP contribution in [0.15, 0.2) is 77.0 Å². The number of benzene rings is 3. The highest BCUT2D eigenvalue weighted by Crippen LogP contribution is 2.35. The van der Waals surface area contributed by atoms with Crippen LogP contribution in [0.25, 0.3) is 0 Å². The number of hydrogen-bond donors (Lipinski definition) is 3. The minimum atomic E-state index is -1.01. The molecule has 0 radical (unpaired) electrons. The highest BCUT2D eigenvalue weighted by molar-refractivity contribution is 9.10. The largest absolute Gasteiger partial charge is 0.456 e. The molecule has 1 unspecified atom stereocenters. The van der Waals surface area contributed by atoms with Crippen LogP contribution in [0.3, 0.4) is 0 Å². The molecule has 1 heterocycles. The summed E-state index contributed by atoms with van der Waals surface area (Å²) in [7, 11) is 0. The Labute approximate surface area is 250 Å². The van der Waals surface area contributed by atoms with Crippen LogP contribution in [-0.4, -0.2) is 34.8 Å². The van der Waals surface area contributed by atoms with E-state index in [9.17, 15) is 18.8 Å². The quantitative estimate of drug-likeness (QED) is 0.219. The molecule has 214 valence electrons. The van der Waals surface area contributed by atoms with Crippen LogP contribution in [0.2, 0.25) is 5.02 Å². The zero-order valence-corrected chi connectivity index (χ0v) is 25.0. The molecule has 0 aromatic heterocycles. The van der Waals surface area contributed by atoms with Crippen molar-refractivity contribution in [3.8, 4) is 0 Å². The van der Waals surface area contributed by atoms with Crippen molar-refractivity contribution in [2.45, 2.75) is 38.8 Å². The lowest BCUT2D eigenvalue weighted by Crippen LogP contribution is -2.47. The molecule has 0 saturated carbocycles. The summed E-state index contributed by atoms with van der Waals surface area (Å²) in [4.78, 5) is 40.9. The van der Waals surface area contributed by atoms with Crippen molar-refractivity contribution in [1.82, 2.24) is 4.90 Å². The minimum Gasteiger partial charge on any atom is -0.456 e.